The summed E-state index contributed by atoms with van der Waals surface area (Å²) in [5.41, 5.74) is -0.233. The predicted octanol–water partition coefficient (Wildman–Crippen LogP) is 1.98. The lowest BCUT2D eigenvalue weighted by Crippen LogP contribution is -2.46. The van der Waals surface area contributed by atoms with Crippen molar-refractivity contribution in [1.82, 2.24) is 9.88 Å². The molecule has 2 N–H and O–H groups in total. The standard InChI is InChI=1S/C14H20N2O3/c1-14(2,13(18)19)10-5-4-8-16(9-10)12(17)11-6-3-7-15-11/h3,6-7,10,15H,4-5,8-9H2,1-2H3,(H,18,19). The Labute approximate surface area is 112 Å². The molecular weight excluding hydrogens is 244 g/mol. The number of aromatic nitrogens is 1. The Kier molecular flexibility index (Phi) is 3.64. The largest absolute Gasteiger partial charge is 0.481 e. The number of carboxylic acids is 1. The highest BCUT2D eigenvalue weighted by molar-refractivity contribution is 5.92. The van der Waals surface area contributed by atoms with Crippen molar-refractivity contribution >= 4 is 11.9 Å². The molecule has 0 aliphatic carbocycles. The van der Waals surface area contributed by atoms with Crippen LogP contribution in [0, 0.1) is 11.3 Å². The summed E-state index contributed by atoms with van der Waals surface area (Å²) in [5, 5.41) is 9.29. The minimum Gasteiger partial charge on any atom is -0.481 e. The Hall–Kier alpha value is -1.78. The van der Waals surface area contributed by atoms with Gasteiger partial charge in [0.05, 0.1) is 5.41 Å². The molecule has 0 bridgehead atoms. The number of aliphatic carboxylic acids is 1. The van der Waals surface area contributed by atoms with E-state index in [1.165, 1.54) is 0 Å². The lowest BCUT2D eigenvalue weighted by Gasteiger charge is -2.39. The summed E-state index contributed by atoms with van der Waals surface area (Å²) >= 11 is 0. The molecule has 5 nitrogen and oxygen atoms in total. The lowest BCUT2D eigenvalue weighted by atomic mass is 9.74. The van der Waals surface area contributed by atoms with Gasteiger partial charge in [-0.25, -0.2) is 0 Å². The maximum absolute atomic E-state index is 12.3. The topological polar surface area (TPSA) is 73.4 Å². The molecule has 2 rings (SSSR count). The Morgan fingerprint density at radius 2 is 2.21 bits per heavy atom. The third kappa shape index (κ3) is 2.64. The number of amides is 1. The van der Waals surface area contributed by atoms with E-state index in [4.69, 9.17) is 0 Å². The van der Waals surface area contributed by atoms with Crippen molar-refractivity contribution in [3.8, 4) is 0 Å². The van der Waals surface area contributed by atoms with Gasteiger partial charge in [-0.1, -0.05) is 0 Å². The van der Waals surface area contributed by atoms with Gasteiger partial charge in [0.1, 0.15) is 5.69 Å². The fourth-order valence-electron chi connectivity index (χ4n) is 2.56. The summed E-state index contributed by atoms with van der Waals surface area (Å²) < 4.78 is 0. The molecule has 5 heteroatoms. The van der Waals surface area contributed by atoms with E-state index >= 15 is 0 Å². The van der Waals surface area contributed by atoms with Crippen LogP contribution in [0.15, 0.2) is 18.3 Å². The molecule has 1 unspecified atom stereocenters. The zero-order chi connectivity index (χ0) is 14.0. The smallest absolute Gasteiger partial charge is 0.309 e. The molecule has 1 saturated heterocycles. The second-order valence-electron chi connectivity index (χ2n) is 5.70. The van der Waals surface area contributed by atoms with E-state index < -0.39 is 11.4 Å². The molecule has 19 heavy (non-hydrogen) atoms. The van der Waals surface area contributed by atoms with Crippen LogP contribution >= 0.6 is 0 Å². The number of carboxylic acid groups (broad SMARTS) is 1. The van der Waals surface area contributed by atoms with Crippen LogP contribution in [0.2, 0.25) is 0 Å². The molecule has 104 valence electrons. The van der Waals surface area contributed by atoms with Gasteiger partial charge in [0.15, 0.2) is 0 Å². The minimum absolute atomic E-state index is 0.00216. The molecule has 1 atom stereocenters. The van der Waals surface area contributed by atoms with Gasteiger partial charge in [-0.15, -0.1) is 0 Å². The van der Waals surface area contributed by atoms with E-state index in [0.717, 1.165) is 12.8 Å². The number of likely N-dealkylation sites (tertiary alicyclic amines) is 1. The highest BCUT2D eigenvalue weighted by atomic mass is 16.4. The first-order valence-corrected chi connectivity index (χ1v) is 6.59. The zero-order valence-corrected chi connectivity index (χ0v) is 11.3. The fraction of sp³-hybridized carbons (Fsp3) is 0.571. The second-order valence-corrected chi connectivity index (χ2v) is 5.70. The van der Waals surface area contributed by atoms with E-state index in [-0.39, 0.29) is 11.8 Å². The molecular formula is C14H20N2O3. The average molecular weight is 264 g/mol. The van der Waals surface area contributed by atoms with Gasteiger partial charge < -0.3 is 15.0 Å². The summed E-state index contributed by atoms with van der Waals surface area (Å²) in [4.78, 5) is 28.2. The molecule has 1 aromatic heterocycles. The first-order chi connectivity index (χ1) is 8.93. The highest BCUT2D eigenvalue weighted by Crippen LogP contribution is 2.34. The number of nitrogens with zero attached hydrogens (tertiary/aromatic N) is 1. The average Bonchev–Trinajstić information content (AvgIpc) is 2.91. The molecule has 1 aromatic rings. The number of H-pyrrole nitrogens is 1. The molecule has 1 fully saturated rings. The van der Waals surface area contributed by atoms with Crippen molar-refractivity contribution in [2.24, 2.45) is 11.3 Å². The number of hydrogen-bond acceptors (Lipinski definition) is 2. The van der Waals surface area contributed by atoms with Gasteiger partial charge in [0, 0.05) is 19.3 Å². The molecule has 0 saturated carbocycles. The van der Waals surface area contributed by atoms with Gasteiger partial charge >= 0.3 is 5.97 Å². The molecule has 1 aliphatic rings. The van der Waals surface area contributed by atoms with Crippen molar-refractivity contribution in [2.45, 2.75) is 26.7 Å². The summed E-state index contributed by atoms with van der Waals surface area (Å²) in [5.74, 6) is -0.847. The molecule has 1 amide bonds. The van der Waals surface area contributed by atoms with Crippen LogP contribution < -0.4 is 0 Å². The van der Waals surface area contributed by atoms with Gasteiger partial charge in [-0.05, 0) is 44.7 Å². The summed E-state index contributed by atoms with van der Waals surface area (Å²) in [7, 11) is 0. The SMILES string of the molecule is CC(C)(C(=O)O)C1CCCN(C(=O)c2ccc[nH]2)C1. The van der Waals surface area contributed by atoms with Gasteiger partial charge in [0.2, 0.25) is 0 Å². The first-order valence-electron chi connectivity index (χ1n) is 6.59. The van der Waals surface area contributed by atoms with Gasteiger partial charge in [-0.3, -0.25) is 9.59 Å². The third-order valence-corrected chi connectivity index (χ3v) is 4.11. The van der Waals surface area contributed by atoms with Crippen LogP contribution in [-0.4, -0.2) is 40.0 Å². The van der Waals surface area contributed by atoms with Gasteiger partial charge in [-0.2, -0.15) is 0 Å². The maximum Gasteiger partial charge on any atom is 0.309 e. The number of rotatable bonds is 3. The summed E-state index contributed by atoms with van der Waals surface area (Å²) in [6.45, 7) is 4.69. The van der Waals surface area contributed by atoms with Crippen molar-refractivity contribution in [2.75, 3.05) is 13.1 Å². The number of hydrogen-bond donors (Lipinski definition) is 2. The minimum atomic E-state index is -0.799. The van der Waals surface area contributed by atoms with Crippen LogP contribution in [0.3, 0.4) is 0 Å². The predicted molar refractivity (Wildman–Crippen MR) is 70.8 cm³/mol. The quantitative estimate of drug-likeness (QED) is 0.876. The van der Waals surface area contributed by atoms with E-state index in [9.17, 15) is 14.7 Å². The van der Waals surface area contributed by atoms with Crippen LogP contribution in [0.4, 0.5) is 0 Å². The van der Waals surface area contributed by atoms with Crippen molar-refractivity contribution in [3.05, 3.63) is 24.0 Å². The molecule has 1 aliphatic heterocycles. The fourth-order valence-corrected chi connectivity index (χ4v) is 2.56. The molecule has 0 spiro atoms. The monoisotopic (exact) mass is 264 g/mol. The maximum atomic E-state index is 12.3. The van der Waals surface area contributed by atoms with Crippen molar-refractivity contribution in [1.29, 1.82) is 0 Å². The first kappa shape index (κ1) is 13.6. The van der Waals surface area contributed by atoms with Crippen molar-refractivity contribution in [3.63, 3.8) is 0 Å². The summed E-state index contributed by atoms with van der Waals surface area (Å²) in [6.07, 6.45) is 3.43. The number of aromatic amines is 1. The van der Waals surface area contributed by atoms with Crippen molar-refractivity contribution < 1.29 is 14.7 Å². The Bertz CT molecular complexity index is 465. The van der Waals surface area contributed by atoms with Crippen LogP contribution in [0.1, 0.15) is 37.2 Å². The Balaban J connectivity index is 2.09. The zero-order valence-electron chi connectivity index (χ0n) is 11.3. The molecule has 2 heterocycles. The van der Waals surface area contributed by atoms with E-state index in [0.29, 0.717) is 18.8 Å². The number of carbonyl (C=O) groups excluding carboxylic acids is 1. The second kappa shape index (κ2) is 5.07. The third-order valence-electron chi connectivity index (χ3n) is 4.11. The normalized spacial score (nSPS) is 20.3. The number of nitrogens with one attached hydrogen (secondary N) is 1. The van der Waals surface area contributed by atoms with E-state index in [1.807, 2.05) is 0 Å². The summed E-state index contributed by atoms with van der Waals surface area (Å²) in [6, 6.07) is 3.53. The van der Waals surface area contributed by atoms with Gasteiger partial charge in [0.25, 0.3) is 5.91 Å². The highest BCUT2D eigenvalue weighted by Gasteiger charge is 2.40. The number of piperidine rings is 1. The van der Waals surface area contributed by atoms with Crippen LogP contribution in [0.25, 0.3) is 0 Å². The Morgan fingerprint density at radius 3 is 2.79 bits per heavy atom. The molecule has 0 radical (unpaired) electrons. The molecule has 0 aromatic carbocycles. The number of carbonyl (C=O) groups is 2. The van der Waals surface area contributed by atoms with E-state index in [2.05, 4.69) is 4.98 Å². The Morgan fingerprint density at radius 1 is 1.47 bits per heavy atom. The lowest BCUT2D eigenvalue weighted by molar-refractivity contribution is -0.151. The van der Waals surface area contributed by atoms with Crippen LogP contribution in [-0.2, 0) is 4.79 Å². The van der Waals surface area contributed by atoms with E-state index in [1.54, 1.807) is 37.1 Å². The van der Waals surface area contributed by atoms with Crippen LogP contribution in [0.5, 0.6) is 0 Å².